The number of rotatable bonds is 7. The van der Waals surface area contributed by atoms with Gasteiger partial charge in [0.25, 0.3) is 0 Å². The molecule has 0 spiro atoms. The van der Waals surface area contributed by atoms with E-state index in [4.69, 9.17) is 0 Å². The van der Waals surface area contributed by atoms with Gasteiger partial charge in [-0.2, -0.15) is 0 Å². The molecule has 29 heavy (non-hydrogen) atoms. The molecule has 1 amide bonds. The maximum atomic E-state index is 12.6. The van der Waals surface area contributed by atoms with E-state index in [1.807, 2.05) is 22.4 Å². The van der Waals surface area contributed by atoms with Gasteiger partial charge in [0.15, 0.2) is 15.6 Å². The lowest BCUT2D eigenvalue weighted by atomic mass is 10.1. The van der Waals surface area contributed by atoms with Crippen LogP contribution in [0.2, 0.25) is 0 Å². The van der Waals surface area contributed by atoms with Crippen molar-refractivity contribution < 1.29 is 18.0 Å². The summed E-state index contributed by atoms with van der Waals surface area (Å²) in [5.41, 5.74) is 0.799. The van der Waals surface area contributed by atoms with Gasteiger partial charge in [0.2, 0.25) is 5.91 Å². The minimum atomic E-state index is -3.30. The second-order valence-electron chi connectivity index (χ2n) is 7.47. The molecule has 0 N–H and O–H groups in total. The molecular weight excluding hydrogens is 408 g/mol. The number of carbonyl (C=O) groups is 2. The zero-order chi connectivity index (χ0) is 21.0. The number of sulfone groups is 1. The third kappa shape index (κ3) is 5.32. The first-order valence-electron chi connectivity index (χ1n) is 9.67. The maximum absolute atomic E-state index is 12.6. The molecule has 156 valence electrons. The van der Waals surface area contributed by atoms with Crippen molar-refractivity contribution in [3.8, 4) is 0 Å². The Morgan fingerprint density at radius 1 is 1.03 bits per heavy atom. The van der Waals surface area contributed by atoms with E-state index >= 15 is 0 Å². The highest BCUT2D eigenvalue weighted by atomic mass is 32.2. The van der Waals surface area contributed by atoms with Gasteiger partial charge in [-0.25, -0.2) is 8.42 Å². The van der Waals surface area contributed by atoms with Crippen molar-refractivity contribution in [2.75, 3.05) is 32.7 Å². The summed E-state index contributed by atoms with van der Waals surface area (Å²) in [7, 11) is -3.30. The molecule has 0 saturated carbocycles. The summed E-state index contributed by atoms with van der Waals surface area (Å²) in [6, 6.07) is 10.3. The van der Waals surface area contributed by atoms with Gasteiger partial charge < -0.3 is 4.90 Å². The molecule has 1 saturated heterocycles. The number of hydrogen-bond acceptors (Lipinski definition) is 6. The molecule has 0 aliphatic carbocycles. The Morgan fingerprint density at radius 2 is 1.69 bits per heavy atom. The minimum absolute atomic E-state index is 0.0219. The zero-order valence-electron chi connectivity index (χ0n) is 16.7. The van der Waals surface area contributed by atoms with Crippen LogP contribution in [0.4, 0.5) is 0 Å². The molecule has 0 unspecified atom stereocenters. The lowest BCUT2D eigenvalue weighted by Crippen LogP contribution is -2.50. The number of nitrogens with zero attached hydrogens (tertiary/aromatic N) is 2. The van der Waals surface area contributed by atoms with Crippen molar-refractivity contribution in [3.63, 3.8) is 0 Å². The Hall–Kier alpha value is -2.03. The molecule has 1 aliphatic rings. The zero-order valence-corrected chi connectivity index (χ0v) is 18.3. The van der Waals surface area contributed by atoms with Gasteiger partial charge >= 0.3 is 0 Å². The number of piperazine rings is 1. The SMILES string of the molecule is CC(C)S(=O)(=O)c1ccc(CC(=O)N2CCN(CC(=O)c3cccs3)CC2)cc1. The molecule has 0 radical (unpaired) electrons. The van der Waals surface area contributed by atoms with Gasteiger partial charge in [-0.1, -0.05) is 18.2 Å². The average Bonchev–Trinajstić information content (AvgIpc) is 3.24. The second kappa shape index (κ2) is 9.19. The molecular formula is C21H26N2O4S2. The molecule has 1 aromatic heterocycles. The Balaban J connectivity index is 1.50. The standard InChI is InChI=1S/C21H26N2O4S2/c1-16(2)29(26,27)18-7-5-17(6-8-18)14-21(25)23-11-9-22(10-12-23)15-19(24)20-4-3-13-28-20/h3-8,13,16H,9-12,14-15H2,1-2H3. The third-order valence-corrected chi connectivity index (χ3v) is 8.20. The van der Waals surface area contributed by atoms with Gasteiger partial charge in [-0.15, -0.1) is 11.3 Å². The highest BCUT2D eigenvalue weighted by molar-refractivity contribution is 7.92. The van der Waals surface area contributed by atoms with Crippen molar-refractivity contribution in [2.24, 2.45) is 0 Å². The fraction of sp³-hybridized carbons (Fsp3) is 0.429. The quantitative estimate of drug-likeness (QED) is 0.626. The van der Waals surface area contributed by atoms with E-state index in [0.717, 1.165) is 10.4 Å². The van der Waals surface area contributed by atoms with Crippen molar-refractivity contribution in [3.05, 3.63) is 52.2 Å². The lowest BCUT2D eigenvalue weighted by molar-refractivity contribution is -0.132. The Bertz CT molecular complexity index is 943. The Morgan fingerprint density at radius 3 is 2.24 bits per heavy atom. The molecule has 1 fully saturated rings. The predicted molar refractivity (Wildman–Crippen MR) is 114 cm³/mol. The first-order valence-corrected chi connectivity index (χ1v) is 12.1. The first-order chi connectivity index (χ1) is 13.8. The lowest BCUT2D eigenvalue weighted by Gasteiger charge is -2.34. The topological polar surface area (TPSA) is 74.8 Å². The van der Waals surface area contributed by atoms with Crippen LogP contribution in [0.25, 0.3) is 0 Å². The molecule has 6 nitrogen and oxygen atoms in total. The number of benzene rings is 1. The average molecular weight is 435 g/mol. The van der Waals surface area contributed by atoms with Crippen LogP contribution in [0, 0.1) is 0 Å². The highest BCUT2D eigenvalue weighted by Gasteiger charge is 2.23. The summed E-state index contributed by atoms with van der Waals surface area (Å²) in [6.07, 6.45) is 0.246. The molecule has 2 heterocycles. The van der Waals surface area contributed by atoms with Crippen LogP contribution in [0.15, 0.2) is 46.7 Å². The largest absolute Gasteiger partial charge is 0.340 e. The summed E-state index contributed by atoms with van der Waals surface area (Å²) in [5, 5.41) is 1.42. The van der Waals surface area contributed by atoms with E-state index in [1.54, 1.807) is 38.1 Å². The highest BCUT2D eigenvalue weighted by Crippen LogP contribution is 2.17. The number of thiophene rings is 1. The number of hydrogen-bond donors (Lipinski definition) is 0. The molecule has 0 atom stereocenters. The van der Waals surface area contributed by atoms with Crippen LogP contribution < -0.4 is 0 Å². The van der Waals surface area contributed by atoms with Gasteiger partial charge in [-0.05, 0) is 43.0 Å². The summed E-state index contributed by atoms with van der Waals surface area (Å²) < 4.78 is 24.4. The van der Waals surface area contributed by atoms with Gasteiger partial charge in [0.1, 0.15) is 0 Å². The third-order valence-electron chi connectivity index (χ3n) is 5.12. The summed E-state index contributed by atoms with van der Waals surface area (Å²) in [4.78, 5) is 29.8. The van der Waals surface area contributed by atoms with Crippen LogP contribution >= 0.6 is 11.3 Å². The van der Waals surface area contributed by atoms with Gasteiger partial charge in [0, 0.05) is 26.2 Å². The molecule has 2 aromatic rings. The second-order valence-corrected chi connectivity index (χ2v) is 10.9. The molecule has 1 aliphatic heterocycles. The number of ketones is 1. The summed E-state index contributed by atoms with van der Waals surface area (Å²) in [5.74, 6) is 0.143. The van der Waals surface area contributed by atoms with E-state index in [9.17, 15) is 18.0 Å². The predicted octanol–water partition coefficient (Wildman–Crippen LogP) is 2.50. The van der Waals surface area contributed by atoms with Gasteiger partial charge in [0.05, 0.1) is 28.0 Å². The monoisotopic (exact) mass is 434 g/mol. The van der Waals surface area contributed by atoms with Crippen LogP contribution in [-0.4, -0.2) is 67.9 Å². The molecule has 3 rings (SSSR count). The fourth-order valence-electron chi connectivity index (χ4n) is 3.23. The van der Waals surface area contributed by atoms with Crippen molar-refractivity contribution in [2.45, 2.75) is 30.4 Å². The first kappa shape index (κ1) is 21.7. The minimum Gasteiger partial charge on any atom is -0.340 e. The molecule has 1 aromatic carbocycles. The summed E-state index contributed by atoms with van der Waals surface area (Å²) in [6.45, 7) is 6.23. The van der Waals surface area contributed by atoms with E-state index in [0.29, 0.717) is 32.7 Å². The summed E-state index contributed by atoms with van der Waals surface area (Å²) >= 11 is 1.45. The Labute approximate surface area is 176 Å². The van der Waals surface area contributed by atoms with E-state index in [1.165, 1.54) is 11.3 Å². The van der Waals surface area contributed by atoms with Crippen LogP contribution in [0.3, 0.4) is 0 Å². The molecule has 8 heteroatoms. The van der Waals surface area contributed by atoms with Crippen LogP contribution in [0.1, 0.15) is 29.1 Å². The number of Topliss-reactive ketones (excluding diaryl/α,β-unsaturated/α-hetero) is 1. The molecule has 0 bridgehead atoms. The van der Waals surface area contributed by atoms with Crippen LogP contribution in [0.5, 0.6) is 0 Å². The van der Waals surface area contributed by atoms with E-state index in [-0.39, 0.29) is 23.0 Å². The van der Waals surface area contributed by atoms with Crippen molar-refractivity contribution >= 4 is 32.9 Å². The van der Waals surface area contributed by atoms with Crippen LogP contribution in [-0.2, 0) is 21.1 Å². The number of carbonyl (C=O) groups excluding carboxylic acids is 2. The van der Waals surface area contributed by atoms with E-state index < -0.39 is 15.1 Å². The normalized spacial score (nSPS) is 15.6. The fourth-order valence-corrected chi connectivity index (χ4v) is 4.95. The smallest absolute Gasteiger partial charge is 0.227 e. The maximum Gasteiger partial charge on any atom is 0.227 e. The van der Waals surface area contributed by atoms with Crippen molar-refractivity contribution in [1.29, 1.82) is 0 Å². The van der Waals surface area contributed by atoms with Gasteiger partial charge in [-0.3, -0.25) is 14.5 Å². The van der Waals surface area contributed by atoms with E-state index in [2.05, 4.69) is 4.90 Å². The Kier molecular flexibility index (Phi) is 6.87. The van der Waals surface area contributed by atoms with Crippen molar-refractivity contribution in [1.82, 2.24) is 9.80 Å². The number of amides is 1.